The topological polar surface area (TPSA) is 9.23 Å². The lowest BCUT2D eigenvalue weighted by atomic mass is 9.79. The molecule has 1 fully saturated rings. The van der Waals surface area contributed by atoms with Crippen LogP contribution in [0.5, 0.6) is 0 Å². The van der Waals surface area contributed by atoms with Crippen LogP contribution in [-0.2, 0) is 4.74 Å². The van der Waals surface area contributed by atoms with E-state index in [9.17, 15) is 0 Å². The summed E-state index contributed by atoms with van der Waals surface area (Å²) in [6, 6.07) is 0. The van der Waals surface area contributed by atoms with Crippen LogP contribution in [0, 0.1) is 5.92 Å². The van der Waals surface area contributed by atoms with E-state index >= 15 is 0 Å². The van der Waals surface area contributed by atoms with Crippen molar-refractivity contribution in [2.24, 2.45) is 5.92 Å². The van der Waals surface area contributed by atoms with Gasteiger partial charge in [-0.1, -0.05) is 12.2 Å². The van der Waals surface area contributed by atoms with Gasteiger partial charge in [-0.25, -0.2) is 0 Å². The van der Waals surface area contributed by atoms with Crippen LogP contribution < -0.4 is 0 Å². The molecule has 0 N–H and O–H groups in total. The van der Waals surface area contributed by atoms with Gasteiger partial charge in [-0.3, -0.25) is 0 Å². The molecule has 0 aromatic carbocycles. The van der Waals surface area contributed by atoms with Gasteiger partial charge in [0, 0.05) is 5.92 Å². The molecule has 3 aliphatic rings. The van der Waals surface area contributed by atoms with Crippen molar-refractivity contribution in [2.45, 2.75) is 38.4 Å². The fraction of sp³-hybridized carbons (Fsp3) is 0.778. The van der Waals surface area contributed by atoms with Crippen LogP contribution in [0.25, 0.3) is 0 Å². The molecule has 56 valence electrons. The quantitative estimate of drug-likeness (QED) is 0.466. The first-order valence-corrected chi connectivity index (χ1v) is 4.04. The first-order valence-electron chi connectivity index (χ1n) is 4.04. The zero-order valence-corrected chi connectivity index (χ0v) is 6.63. The smallest absolute Gasteiger partial charge is 0.0763 e. The third kappa shape index (κ3) is 0.807. The lowest BCUT2D eigenvalue weighted by molar-refractivity contribution is -0.121. The highest BCUT2D eigenvalue weighted by Gasteiger charge is 2.38. The lowest BCUT2D eigenvalue weighted by Gasteiger charge is -2.44. The second-order valence-corrected chi connectivity index (χ2v) is 3.83. The normalized spacial score (nSPS) is 42.2. The molecule has 3 rings (SSSR count). The first-order chi connectivity index (χ1) is 4.68. The second-order valence-electron chi connectivity index (χ2n) is 3.83. The molecule has 1 saturated heterocycles. The molecule has 10 heavy (non-hydrogen) atoms. The van der Waals surface area contributed by atoms with E-state index in [-0.39, 0.29) is 5.60 Å². The van der Waals surface area contributed by atoms with Crippen molar-refractivity contribution < 1.29 is 4.74 Å². The lowest BCUT2D eigenvalue weighted by Crippen LogP contribution is -2.44. The Bertz CT molecular complexity index is 170. The van der Waals surface area contributed by atoms with Gasteiger partial charge in [0.25, 0.3) is 0 Å². The fourth-order valence-electron chi connectivity index (χ4n) is 1.95. The van der Waals surface area contributed by atoms with E-state index in [1.165, 1.54) is 12.8 Å². The molecule has 1 aliphatic carbocycles. The molecule has 2 unspecified atom stereocenters. The second kappa shape index (κ2) is 1.85. The maximum absolute atomic E-state index is 5.79. The molecule has 0 amide bonds. The van der Waals surface area contributed by atoms with E-state index in [2.05, 4.69) is 26.0 Å². The van der Waals surface area contributed by atoms with Gasteiger partial charge in [-0.2, -0.15) is 0 Å². The van der Waals surface area contributed by atoms with Gasteiger partial charge in [0.1, 0.15) is 0 Å². The van der Waals surface area contributed by atoms with Crippen molar-refractivity contribution in [3.05, 3.63) is 12.2 Å². The van der Waals surface area contributed by atoms with Crippen LogP contribution in [0.3, 0.4) is 0 Å². The van der Waals surface area contributed by atoms with Crippen LogP contribution in [0.2, 0.25) is 0 Å². The van der Waals surface area contributed by atoms with Crippen LogP contribution in [0.4, 0.5) is 0 Å². The third-order valence-corrected chi connectivity index (χ3v) is 2.67. The van der Waals surface area contributed by atoms with Gasteiger partial charge in [0.05, 0.1) is 11.7 Å². The van der Waals surface area contributed by atoms with Crippen LogP contribution in [0.1, 0.15) is 26.7 Å². The van der Waals surface area contributed by atoms with E-state index in [1.54, 1.807) is 0 Å². The third-order valence-electron chi connectivity index (χ3n) is 2.67. The van der Waals surface area contributed by atoms with Crippen molar-refractivity contribution in [1.29, 1.82) is 0 Å². The summed E-state index contributed by atoms with van der Waals surface area (Å²) >= 11 is 0. The Morgan fingerprint density at radius 1 is 1.30 bits per heavy atom. The van der Waals surface area contributed by atoms with Crippen LogP contribution >= 0.6 is 0 Å². The summed E-state index contributed by atoms with van der Waals surface area (Å²) in [6.45, 7) is 4.38. The van der Waals surface area contributed by atoms with Crippen molar-refractivity contribution in [2.75, 3.05) is 0 Å². The molecule has 1 heteroatoms. The van der Waals surface area contributed by atoms with Crippen molar-refractivity contribution in [3.8, 4) is 0 Å². The molecule has 2 aliphatic heterocycles. The predicted octanol–water partition coefficient (Wildman–Crippen LogP) is 2.13. The first kappa shape index (κ1) is 6.41. The Hall–Kier alpha value is -0.300. The van der Waals surface area contributed by atoms with Crippen molar-refractivity contribution in [3.63, 3.8) is 0 Å². The maximum Gasteiger partial charge on any atom is 0.0763 e. The van der Waals surface area contributed by atoms with Gasteiger partial charge in [0.2, 0.25) is 0 Å². The van der Waals surface area contributed by atoms with E-state index < -0.39 is 0 Å². The summed E-state index contributed by atoms with van der Waals surface area (Å²) in [5, 5.41) is 0. The van der Waals surface area contributed by atoms with Crippen molar-refractivity contribution >= 4 is 0 Å². The average Bonchev–Trinajstić information content (AvgIpc) is 1.87. The summed E-state index contributed by atoms with van der Waals surface area (Å²) in [6.07, 6.45) is 7.48. The summed E-state index contributed by atoms with van der Waals surface area (Å²) < 4.78 is 5.79. The molecule has 2 bridgehead atoms. The Balaban J connectivity index is 2.27. The Labute approximate surface area is 62.1 Å². The summed E-state index contributed by atoms with van der Waals surface area (Å²) in [7, 11) is 0. The highest BCUT2D eigenvalue weighted by Crippen LogP contribution is 2.38. The minimum absolute atomic E-state index is 0.109. The standard InChI is InChI=1S/C9H14O/c1-9(2)7-3-5-8(10-9)6-4-7/h3,5,7-8H,4,6H2,1-2H3. The molecule has 1 nitrogen and oxygen atoms in total. The maximum atomic E-state index is 5.79. The van der Waals surface area contributed by atoms with Crippen LogP contribution in [-0.4, -0.2) is 11.7 Å². The van der Waals surface area contributed by atoms with Gasteiger partial charge in [-0.05, 0) is 26.7 Å². The van der Waals surface area contributed by atoms with Crippen molar-refractivity contribution in [1.82, 2.24) is 0 Å². The molecule has 2 heterocycles. The largest absolute Gasteiger partial charge is 0.368 e. The summed E-state index contributed by atoms with van der Waals surface area (Å²) in [5.74, 6) is 0.664. The molecular formula is C9H14O. The predicted molar refractivity (Wildman–Crippen MR) is 40.8 cm³/mol. The van der Waals surface area contributed by atoms with E-state index in [0.29, 0.717) is 12.0 Å². The number of fused-ring (bicyclic) bond motifs is 2. The van der Waals surface area contributed by atoms with Gasteiger partial charge >= 0.3 is 0 Å². The van der Waals surface area contributed by atoms with E-state index in [4.69, 9.17) is 4.74 Å². The number of hydrogen-bond donors (Lipinski definition) is 0. The number of rotatable bonds is 0. The fourth-order valence-corrected chi connectivity index (χ4v) is 1.95. The van der Waals surface area contributed by atoms with Gasteiger partial charge in [-0.15, -0.1) is 0 Å². The number of ether oxygens (including phenoxy) is 1. The van der Waals surface area contributed by atoms with E-state index in [0.717, 1.165) is 0 Å². The molecular weight excluding hydrogens is 124 g/mol. The minimum atomic E-state index is 0.109. The Morgan fingerprint density at radius 3 is 2.30 bits per heavy atom. The molecule has 2 atom stereocenters. The molecule has 0 radical (unpaired) electrons. The zero-order valence-electron chi connectivity index (χ0n) is 6.63. The molecule has 0 aromatic rings. The minimum Gasteiger partial charge on any atom is -0.368 e. The monoisotopic (exact) mass is 138 g/mol. The van der Waals surface area contributed by atoms with Gasteiger partial charge < -0.3 is 4.74 Å². The summed E-state index contributed by atoms with van der Waals surface area (Å²) in [4.78, 5) is 0. The zero-order chi connectivity index (χ0) is 7.19. The van der Waals surface area contributed by atoms with Crippen LogP contribution in [0.15, 0.2) is 12.2 Å². The number of hydrogen-bond acceptors (Lipinski definition) is 1. The van der Waals surface area contributed by atoms with Gasteiger partial charge in [0.15, 0.2) is 0 Å². The molecule has 0 aromatic heterocycles. The average molecular weight is 138 g/mol. The molecule has 0 spiro atoms. The highest BCUT2D eigenvalue weighted by molar-refractivity contribution is 5.09. The molecule has 0 saturated carbocycles. The van der Waals surface area contributed by atoms with E-state index in [1.807, 2.05) is 0 Å². The Kier molecular flexibility index (Phi) is 1.19. The Morgan fingerprint density at radius 2 is 2.10 bits per heavy atom. The SMILES string of the molecule is CC1(C)OC2C=CC1CC2. The highest BCUT2D eigenvalue weighted by atomic mass is 16.5. The summed E-state index contributed by atoms with van der Waals surface area (Å²) in [5.41, 5.74) is 0.109.